The lowest BCUT2D eigenvalue weighted by Crippen LogP contribution is -2.10. The molecule has 0 radical (unpaired) electrons. The molecule has 0 fully saturated rings. The molecule has 0 unspecified atom stereocenters. The average Bonchev–Trinajstić information content (AvgIpc) is 2.92. The highest BCUT2D eigenvalue weighted by Gasteiger charge is 2.08. The second-order valence-electron chi connectivity index (χ2n) is 3.24. The predicted molar refractivity (Wildman–Crippen MR) is 65.4 cm³/mol. The minimum absolute atomic E-state index is 0.218. The third-order valence-electron chi connectivity index (χ3n) is 2.01. The molecular weight excluding hydrogens is 232 g/mol. The molecule has 2 aromatic heterocycles. The number of hydrogen-bond donors (Lipinski definition) is 1. The van der Waals surface area contributed by atoms with Crippen LogP contribution in [0.1, 0.15) is 6.42 Å². The van der Waals surface area contributed by atoms with Crippen molar-refractivity contribution in [2.75, 3.05) is 19.0 Å². The molecule has 0 saturated heterocycles. The fourth-order valence-corrected chi connectivity index (χ4v) is 1.21. The largest absolute Gasteiger partial charge is 0.462 e. The molecular formula is C11H12N6O. The third-order valence-corrected chi connectivity index (χ3v) is 2.01. The highest BCUT2D eigenvalue weighted by atomic mass is 16.5. The molecule has 0 aliphatic carbocycles. The maximum atomic E-state index is 5.34. The van der Waals surface area contributed by atoms with Gasteiger partial charge in [-0.15, -0.1) is 12.3 Å². The van der Waals surface area contributed by atoms with Crippen molar-refractivity contribution in [1.29, 1.82) is 0 Å². The summed E-state index contributed by atoms with van der Waals surface area (Å²) in [4.78, 5) is 12.4. The quantitative estimate of drug-likeness (QED) is 0.609. The number of anilines is 1. The summed E-state index contributed by atoms with van der Waals surface area (Å²) in [6.07, 6.45) is 9.02. The smallest absolute Gasteiger partial charge is 0.323 e. The van der Waals surface area contributed by atoms with Crippen molar-refractivity contribution in [3.8, 4) is 24.3 Å². The van der Waals surface area contributed by atoms with E-state index >= 15 is 0 Å². The topological polar surface area (TPSA) is 77.8 Å². The van der Waals surface area contributed by atoms with Crippen molar-refractivity contribution in [3.05, 3.63) is 18.5 Å². The molecule has 7 nitrogen and oxygen atoms in total. The van der Waals surface area contributed by atoms with Gasteiger partial charge in [0.25, 0.3) is 5.95 Å². The van der Waals surface area contributed by atoms with E-state index in [1.807, 2.05) is 0 Å². The predicted octanol–water partition coefficient (Wildman–Crippen LogP) is 0.501. The van der Waals surface area contributed by atoms with Crippen LogP contribution in [0, 0.1) is 12.3 Å². The van der Waals surface area contributed by atoms with E-state index in [1.54, 1.807) is 25.5 Å². The molecule has 0 aliphatic heterocycles. The van der Waals surface area contributed by atoms with Gasteiger partial charge in [-0.05, 0) is 6.07 Å². The van der Waals surface area contributed by atoms with Crippen molar-refractivity contribution in [2.24, 2.45) is 0 Å². The van der Waals surface area contributed by atoms with Gasteiger partial charge in [-0.3, -0.25) is 0 Å². The maximum Gasteiger partial charge on any atom is 0.323 e. The Hall–Kier alpha value is -2.62. The first-order valence-electron chi connectivity index (χ1n) is 5.33. The summed E-state index contributed by atoms with van der Waals surface area (Å²) in [5, 5.41) is 6.88. The Balaban J connectivity index is 2.25. The van der Waals surface area contributed by atoms with Gasteiger partial charge in [0, 0.05) is 25.9 Å². The Morgan fingerprint density at radius 3 is 3.00 bits per heavy atom. The first-order valence-corrected chi connectivity index (χ1v) is 5.33. The van der Waals surface area contributed by atoms with E-state index in [-0.39, 0.29) is 6.01 Å². The van der Waals surface area contributed by atoms with Gasteiger partial charge in [-0.25, -0.2) is 4.68 Å². The number of terminal acetylenes is 1. The van der Waals surface area contributed by atoms with Crippen LogP contribution in [-0.2, 0) is 0 Å². The molecule has 0 bridgehead atoms. The zero-order chi connectivity index (χ0) is 12.8. The third kappa shape index (κ3) is 2.74. The summed E-state index contributed by atoms with van der Waals surface area (Å²) in [6.45, 7) is 0.363. The molecule has 0 saturated carbocycles. The van der Waals surface area contributed by atoms with Gasteiger partial charge in [-0.1, -0.05) is 0 Å². The molecule has 7 heteroatoms. The minimum atomic E-state index is 0.218. The maximum absolute atomic E-state index is 5.34. The van der Waals surface area contributed by atoms with Gasteiger partial charge < -0.3 is 10.1 Å². The molecule has 2 heterocycles. The van der Waals surface area contributed by atoms with E-state index in [4.69, 9.17) is 11.2 Å². The van der Waals surface area contributed by atoms with Crippen LogP contribution < -0.4 is 10.1 Å². The number of nitrogens with zero attached hydrogens (tertiary/aromatic N) is 5. The lowest BCUT2D eigenvalue weighted by molar-refractivity contribution is 0.299. The lowest BCUT2D eigenvalue weighted by atomic mass is 10.5. The van der Waals surface area contributed by atoms with E-state index in [2.05, 4.69) is 31.3 Å². The highest BCUT2D eigenvalue weighted by molar-refractivity contribution is 5.28. The Kier molecular flexibility index (Phi) is 3.71. The van der Waals surface area contributed by atoms with Crippen LogP contribution in [0.15, 0.2) is 18.5 Å². The number of rotatable bonds is 5. The molecule has 2 rings (SSSR count). The first kappa shape index (κ1) is 11.9. The molecule has 18 heavy (non-hydrogen) atoms. The second kappa shape index (κ2) is 5.63. The van der Waals surface area contributed by atoms with Crippen molar-refractivity contribution in [3.63, 3.8) is 0 Å². The second-order valence-corrected chi connectivity index (χ2v) is 3.24. The van der Waals surface area contributed by atoms with Gasteiger partial charge >= 0.3 is 6.01 Å². The summed E-state index contributed by atoms with van der Waals surface area (Å²) in [5.41, 5.74) is 0. The monoisotopic (exact) mass is 244 g/mol. The Bertz CT molecular complexity index is 545. The summed E-state index contributed by atoms with van der Waals surface area (Å²) in [7, 11) is 1.72. The molecule has 0 amide bonds. The number of nitrogens with one attached hydrogen (secondary N) is 1. The minimum Gasteiger partial charge on any atom is -0.462 e. The summed E-state index contributed by atoms with van der Waals surface area (Å²) in [6, 6.07) is 2.00. The van der Waals surface area contributed by atoms with E-state index in [9.17, 15) is 0 Å². The van der Waals surface area contributed by atoms with Crippen LogP contribution in [0.5, 0.6) is 6.01 Å². The van der Waals surface area contributed by atoms with Gasteiger partial charge in [0.05, 0.1) is 0 Å². The van der Waals surface area contributed by atoms with Crippen molar-refractivity contribution in [1.82, 2.24) is 24.7 Å². The summed E-state index contributed by atoms with van der Waals surface area (Å²) < 4.78 is 6.87. The highest BCUT2D eigenvalue weighted by Crippen LogP contribution is 2.10. The zero-order valence-electron chi connectivity index (χ0n) is 9.87. The molecule has 0 aromatic carbocycles. The van der Waals surface area contributed by atoms with Crippen LogP contribution >= 0.6 is 0 Å². The molecule has 92 valence electrons. The van der Waals surface area contributed by atoms with E-state index in [1.165, 1.54) is 4.68 Å². The molecule has 0 spiro atoms. The average molecular weight is 244 g/mol. The van der Waals surface area contributed by atoms with Gasteiger partial charge in [0.2, 0.25) is 5.95 Å². The van der Waals surface area contributed by atoms with Gasteiger partial charge in [-0.2, -0.15) is 20.1 Å². The summed E-state index contributed by atoms with van der Waals surface area (Å²) >= 11 is 0. The standard InChI is InChI=1S/C11H12N6O/c1-3-4-8-18-11-15-9(12-2)14-10(16-11)17-7-5-6-13-17/h1,5-7H,4,8H2,2H3,(H,12,14,15,16). The normalized spacial score (nSPS) is 9.78. The van der Waals surface area contributed by atoms with E-state index in [0.717, 1.165) is 0 Å². The van der Waals surface area contributed by atoms with Crippen LogP contribution in [0.3, 0.4) is 0 Å². The number of aromatic nitrogens is 5. The van der Waals surface area contributed by atoms with Gasteiger partial charge in [0.15, 0.2) is 0 Å². The van der Waals surface area contributed by atoms with Crippen molar-refractivity contribution < 1.29 is 4.74 Å². The fraction of sp³-hybridized carbons (Fsp3) is 0.273. The Morgan fingerprint density at radius 1 is 1.44 bits per heavy atom. The number of ether oxygens (including phenoxy) is 1. The Labute approximate surface area is 104 Å². The van der Waals surface area contributed by atoms with Crippen LogP contribution in [0.25, 0.3) is 5.95 Å². The fourth-order valence-electron chi connectivity index (χ4n) is 1.21. The number of hydrogen-bond acceptors (Lipinski definition) is 6. The molecule has 0 atom stereocenters. The zero-order valence-corrected chi connectivity index (χ0v) is 9.87. The first-order chi connectivity index (χ1) is 8.83. The lowest BCUT2D eigenvalue weighted by Gasteiger charge is -2.06. The van der Waals surface area contributed by atoms with Crippen LogP contribution in [0.4, 0.5) is 5.95 Å². The van der Waals surface area contributed by atoms with E-state index < -0.39 is 0 Å². The summed E-state index contributed by atoms with van der Waals surface area (Å²) in [5.74, 6) is 3.27. The molecule has 2 aromatic rings. The van der Waals surface area contributed by atoms with Crippen molar-refractivity contribution >= 4 is 5.95 Å². The Morgan fingerprint density at radius 2 is 2.33 bits per heavy atom. The van der Waals surface area contributed by atoms with Crippen LogP contribution in [0.2, 0.25) is 0 Å². The molecule has 0 aliphatic rings. The van der Waals surface area contributed by atoms with E-state index in [0.29, 0.717) is 24.9 Å². The van der Waals surface area contributed by atoms with Gasteiger partial charge in [0.1, 0.15) is 6.61 Å². The van der Waals surface area contributed by atoms with Crippen LogP contribution in [-0.4, -0.2) is 38.4 Å². The molecule has 1 N–H and O–H groups in total. The SMILES string of the molecule is C#CCCOc1nc(NC)nc(-n2cccn2)n1. The van der Waals surface area contributed by atoms with Crippen molar-refractivity contribution in [2.45, 2.75) is 6.42 Å².